The Balaban J connectivity index is 1.46. The van der Waals surface area contributed by atoms with Gasteiger partial charge >= 0.3 is 6.03 Å². The number of nitrogens with one attached hydrogen (secondary N) is 4. The first kappa shape index (κ1) is 40.0. The van der Waals surface area contributed by atoms with Crippen molar-refractivity contribution in [3.05, 3.63) is 12.7 Å². The van der Waals surface area contributed by atoms with E-state index in [4.69, 9.17) is 0 Å². The summed E-state index contributed by atoms with van der Waals surface area (Å²) in [5.74, 6) is -2.93. The second-order valence-corrected chi connectivity index (χ2v) is 16.3. The molecule has 13 heteroatoms. The van der Waals surface area contributed by atoms with Crippen molar-refractivity contribution in [1.82, 2.24) is 31.1 Å². The lowest BCUT2D eigenvalue weighted by atomic mass is 9.76. The van der Waals surface area contributed by atoms with Crippen LogP contribution in [0.3, 0.4) is 0 Å². The molecule has 0 aromatic heterocycles. The zero-order valence-electron chi connectivity index (χ0n) is 31.2. The van der Waals surface area contributed by atoms with Gasteiger partial charge in [-0.2, -0.15) is 0 Å². The third-order valence-electron chi connectivity index (χ3n) is 11.4. The smallest absolute Gasteiger partial charge is 0.315 e. The predicted octanol–water partition coefficient (Wildman–Crippen LogP) is 3.51. The van der Waals surface area contributed by atoms with Gasteiger partial charge in [0.1, 0.15) is 12.1 Å². The van der Waals surface area contributed by atoms with Crippen LogP contribution in [0.4, 0.5) is 4.79 Å². The average molecular weight is 713 g/mol. The summed E-state index contributed by atoms with van der Waals surface area (Å²) in [6.45, 7) is 11.7. The van der Waals surface area contributed by atoms with E-state index < -0.39 is 53.2 Å². The molecule has 284 valence electrons. The van der Waals surface area contributed by atoms with E-state index in [0.717, 1.165) is 57.8 Å². The van der Waals surface area contributed by atoms with E-state index in [1.54, 1.807) is 0 Å². The molecule has 2 aliphatic carbocycles. The Morgan fingerprint density at radius 2 is 1.55 bits per heavy atom. The number of Topliss-reactive ketones (excluding diaryl/α,β-unsaturated/α-hetero) is 1. The Morgan fingerprint density at radius 1 is 0.902 bits per heavy atom. The van der Waals surface area contributed by atoms with Gasteiger partial charge in [0.25, 0.3) is 5.91 Å². The van der Waals surface area contributed by atoms with Gasteiger partial charge in [-0.15, -0.1) is 6.58 Å². The second-order valence-electron chi connectivity index (χ2n) is 16.3. The topological polar surface area (TPSA) is 174 Å². The van der Waals surface area contributed by atoms with Crippen molar-refractivity contribution in [2.75, 3.05) is 19.6 Å². The Morgan fingerprint density at radius 3 is 2.14 bits per heavy atom. The van der Waals surface area contributed by atoms with Gasteiger partial charge in [-0.3, -0.25) is 33.7 Å². The maximum atomic E-state index is 14.3. The highest BCUT2D eigenvalue weighted by Gasteiger charge is 2.47. The van der Waals surface area contributed by atoms with Crippen molar-refractivity contribution >= 4 is 41.4 Å². The number of carbonyl (C=O) groups is 7. The zero-order valence-corrected chi connectivity index (χ0v) is 31.2. The lowest BCUT2D eigenvalue weighted by molar-refractivity contribution is -0.154. The molecule has 1 spiro atoms. The summed E-state index contributed by atoms with van der Waals surface area (Å²) in [5, 5.41) is 11.2. The van der Waals surface area contributed by atoms with Gasteiger partial charge in [0.05, 0.1) is 12.1 Å². The summed E-state index contributed by atoms with van der Waals surface area (Å²) in [5.41, 5.74) is -0.741. The van der Waals surface area contributed by atoms with E-state index in [-0.39, 0.29) is 48.6 Å². The van der Waals surface area contributed by atoms with Crippen LogP contribution in [0.25, 0.3) is 0 Å². The first-order valence-corrected chi connectivity index (χ1v) is 19.1. The van der Waals surface area contributed by atoms with E-state index in [9.17, 15) is 33.6 Å². The van der Waals surface area contributed by atoms with Crippen molar-refractivity contribution in [2.45, 2.75) is 148 Å². The average Bonchev–Trinajstić information content (AvgIpc) is 3.76. The number of rotatable bonds is 14. The molecule has 2 aliphatic heterocycles. The van der Waals surface area contributed by atoms with Crippen LogP contribution in [0, 0.1) is 16.7 Å². The van der Waals surface area contributed by atoms with E-state index in [2.05, 4.69) is 27.8 Å². The Kier molecular flexibility index (Phi) is 13.8. The molecular formula is C38H60N6O7. The Labute approximate surface area is 302 Å². The van der Waals surface area contributed by atoms with E-state index >= 15 is 0 Å². The fourth-order valence-electron chi connectivity index (χ4n) is 8.34. The number of hydrogen-bond acceptors (Lipinski definition) is 7. The fourth-order valence-corrected chi connectivity index (χ4v) is 8.34. The number of urea groups is 1. The van der Waals surface area contributed by atoms with Crippen LogP contribution >= 0.6 is 0 Å². The number of nitrogens with zero attached hydrogens (tertiary/aromatic N) is 2. The predicted molar refractivity (Wildman–Crippen MR) is 192 cm³/mol. The van der Waals surface area contributed by atoms with Crippen LogP contribution in [-0.2, 0) is 28.8 Å². The van der Waals surface area contributed by atoms with Crippen LogP contribution in [0.1, 0.15) is 124 Å². The maximum Gasteiger partial charge on any atom is 0.315 e. The minimum Gasteiger partial charge on any atom is -0.346 e. The monoisotopic (exact) mass is 712 g/mol. The molecule has 4 aliphatic rings. The normalized spacial score (nSPS) is 22.6. The maximum absolute atomic E-state index is 14.3. The highest BCUT2D eigenvalue weighted by atomic mass is 16.2. The lowest BCUT2D eigenvalue weighted by Gasteiger charge is -2.41. The summed E-state index contributed by atoms with van der Waals surface area (Å²) in [7, 11) is 0. The zero-order chi connectivity index (χ0) is 37.3. The molecule has 7 amide bonds. The number of carbonyl (C=O) groups excluding carboxylic acids is 7. The molecule has 0 aromatic rings. The summed E-state index contributed by atoms with van der Waals surface area (Å²) in [4.78, 5) is 96.4. The van der Waals surface area contributed by atoms with Gasteiger partial charge in [0.2, 0.25) is 29.4 Å². The number of likely N-dealkylation sites (tertiary alicyclic amines) is 2. The second kappa shape index (κ2) is 17.6. The largest absolute Gasteiger partial charge is 0.346 e. The van der Waals surface area contributed by atoms with Crippen molar-refractivity contribution in [1.29, 1.82) is 0 Å². The molecule has 0 aromatic carbocycles. The third kappa shape index (κ3) is 10.2. The van der Waals surface area contributed by atoms with Gasteiger partial charge < -0.3 is 26.2 Å². The molecule has 4 atom stereocenters. The summed E-state index contributed by atoms with van der Waals surface area (Å²) < 4.78 is 0. The molecule has 1 unspecified atom stereocenters. The van der Waals surface area contributed by atoms with Gasteiger partial charge in [0, 0.05) is 32.5 Å². The van der Waals surface area contributed by atoms with E-state index in [0.29, 0.717) is 38.6 Å². The molecule has 2 heterocycles. The number of imide groups is 1. The molecule has 2 saturated carbocycles. The van der Waals surface area contributed by atoms with E-state index in [1.165, 1.54) is 15.9 Å². The number of piperidine rings is 1. The fraction of sp³-hybridized carbons (Fsp3) is 0.763. The first-order valence-electron chi connectivity index (χ1n) is 19.1. The molecule has 4 fully saturated rings. The molecular weight excluding hydrogens is 652 g/mol. The quantitative estimate of drug-likeness (QED) is 0.121. The summed E-state index contributed by atoms with van der Waals surface area (Å²) >= 11 is 0. The highest BCUT2D eigenvalue weighted by molar-refractivity contribution is 6.38. The molecule has 2 saturated heterocycles. The van der Waals surface area contributed by atoms with Gasteiger partial charge in [-0.05, 0) is 61.7 Å². The SMILES string of the molecule is C=CCNC(=O)C(=O)C(CCC)NC(=O)[C@@H]1CCCN1C(=O)[C@@H](NC(=O)N[C@H](CN1C(=O)CC2(CCCC2)CC1=O)C(C)(C)C)C1CCCCC1. The molecule has 51 heavy (non-hydrogen) atoms. The van der Waals surface area contributed by atoms with Crippen LogP contribution < -0.4 is 21.3 Å². The van der Waals surface area contributed by atoms with E-state index in [1.807, 2.05) is 27.7 Å². The molecule has 4 N–H and O–H groups in total. The minimum absolute atomic E-state index is 0.0460. The van der Waals surface area contributed by atoms with Crippen LogP contribution in [0.5, 0.6) is 0 Å². The van der Waals surface area contributed by atoms with Crippen molar-refractivity contribution in [2.24, 2.45) is 16.7 Å². The number of ketones is 1. The molecule has 0 bridgehead atoms. The molecule has 13 nitrogen and oxygen atoms in total. The van der Waals surface area contributed by atoms with Gasteiger partial charge in [0.15, 0.2) is 0 Å². The first-order chi connectivity index (χ1) is 24.2. The highest BCUT2D eigenvalue weighted by Crippen LogP contribution is 2.47. The lowest BCUT2D eigenvalue weighted by Crippen LogP contribution is -2.61. The Hall–Kier alpha value is -3.77. The van der Waals surface area contributed by atoms with Gasteiger partial charge in [-0.1, -0.05) is 72.3 Å². The standard InChI is InChI=1S/C38H60N6O7/c1-6-14-26(32(47)34(49)39-20-7-2)40-33(48)27-17-13-21-43(27)35(50)31(25-15-9-8-10-16-25)42-36(51)41-28(37(3,4)5)24-44-29(45)22-38(23-30(44)46)18-11-12-19-38/h7,25-28,31H,2,6,8-24H2,1,3-5H3,(H,39,49)(H,40,48)(H2,41,42,51)/t26?,27-,28+,31-/m0/s1. The third-order valence-corrected chi connectivity index (χ3v) is 11.4. The summed E-state index contributed by atoms with van der Waals surface area (Å²) in [6, 6.07) is -3.91. The van der Waals surface area contributed by atoms with Crippen molar-refractivity contribution in [3.8, 4) is 0 Å². The van der Waals surface area contributed by atoms with Crippen molar-refractivity contribution in [3.63, 3.8) is 0 Å². The molecule has 4 rings (SSSR count). The van der Waals surface area contributed by atoms with Gasteiger partial charge in [-0.25, -0.2) is 4.79 Å². The van der Waals surface area contributed by atoms with Crippen LogP contribution in [0.2, 0.25) is 0 Å². The summed E-state index contributed by atoms with van der Waals surface area (Å²) in [6.07, 6.45) is 12.2. The Bertz CT molecular complexity index is 1310. The van der Waals surface area contributed by atoms with Crippen LogP contribution in [-0.4, -0.2) is 95.0 Å². The number of hydrogen-bond donors (Lipinski definition) is 4. The molecule has 0 radical (unpaired) electrons. The van der Waals surface area contributed by atoms with Crippen molar-refractivity contribution < 1.29 is 33.6 Å². The minimum atomic E-state index is -1.03. The van der Waals surface area contributed by atoms with Crippen LogP contribution in [0.15, 0.2) is 12.7 Å². The number of amides is 7.